The highest BCUT2D eigenvalue weighted by molar-refractivity contribution is 5.28. The molecule has 0 amide bonds. The maximum atomic E-state index is 14.2. The molecule has 0 aromatic carbocycles. The number of aromatic nitrogens is 1. The second-order valence-corrected chi connectivity index (χ2v) is 4.47. The number of ether oxygens (including phenoxy) is 2. The third-order valence-electron chi connectivity index (χ3n) is 2.77. The highest BCUT2D eigenvalue weighted by Gasteiger charge is 2.31. The van der Waals surface area contributed by atoms with Crippen molar-refractivity contribution in [3.8, 4) is 5.88 Å². The zero-order chi connectivity index (χ0) is 13.8. The fourth-order valence-corrected chi connectivity index (χ4v) is 1.75. The average molecular weight is 256 g/mol. The molecule has 18 heavy (non-hydrogen) atoms. The van der Waals surface area contributed by atoms with Crippen molar-refractivity contribution in [2.24, 2.45) is 5.73 Å². The van der Waals surface area contributed by atoms with Crippen LogP contribution in [0.15, 0.2) is 12.3 Å². The molecule has 0 aliphatic heterocycles. The topological polar surface area (TPSA) is 57.4 Å². The minimum Gasteiger partial charge on any atom is -0.476 e. The van der Waals surface area contributed by atoms with Crippen LogP contribution < -0.4 is 10.5 Å². The molecule has 4 nitrogen and oxygen atoms in total. The molecule has 102 valence electrons. The van der Waals surface area contributed by atoms with Gasteiger partial charge in [-0.1, -0.05) is 0 Å². The molecule has 1 rings (SSSR count). The normalized spacial score (nSPS) is 13.4. The number of rotatable bonds is 6. The Kier molecular flexibility index (Phi) is 5.04. The minimum absolute atomic E-state index is 0.0160. The van der Waals surface area contributed by atoms with E-state index in [1.54, 1.807) is 13.0 Å². The van der Waals surface area contributed by atoms with Crippen molar-refractivity contribution in [2.75, 3.05) is 13.2 Å². The van der Waals surface area contributed by atoms with Crippen LogP contribution in [0.2, 0.25) is 0 Å². The first-order valence-corrected chi connectivity index (χ1v) is 6.10. The van der Waals surface area contributed by atoms with Gasteiger partial charge in [0.05, 0.1) is 18.2 Å². The second-order valence-electron chi connectivity index (χ2n) is 4.47. The summed E-state index contributed by atoms with van der Waals surface area (Å²) in [7, 11) is 0. The highest BCUT2D eigenvalue weighted by Crippen LogP contribution is 2.30. The van der Waals surface area contributed by atoms with E-state index >= 15 is 0 Å². The Labute approximate surface area is 107 Å². The van der Waals surface area contributed by atoms with E-state index in [0.29, 0.717) is 18.8 Å². The predicted octanol–water partition coefficient (Wildman–Crippen LogP) is 2.43. The average Bonchev–Trinajstić information content (AvgIpc) is 2.31. The lowest BCUT2D eigenvalue weighted by Gasteiger charge is -2.31. The number of nitrogens with two attached hydrogens (primary N) is 1. The van der Waals surface area contributed by atoms with Gasteiger partial charge in [0.15, 0.2) is 5.82 Å². The summed E-state index contributed by atoms with van der Waals surface area (Å²) < 4.78 is 24.8. The Morgan fingerprint density at radius 1 is 1.39 bits per heavy atom. The monoisotopic (exact) mass is 256 g/mol. The quantitative estimate of drug-likeness (QED) is 0.849. The third kappa shape index (κ3) is 3.17. The van der Waals surface area contributed by atoms with Gasteiger partial charge in [-0.3, -0.25) is 0 Å². The third-order valence-corrected chi connectivity index (χ3v) is 2.77. The molecule has 5 heteroatoms. The second kappa shape index (κ2) is 6.11. The van der Waals surface area contributed by atoms with E-state index in [4.69, 9.17) is 15.2 Å². The van der Waals surface area contributed by atoms with Crippen LogP contribution in [0.5, 0.6) is 5.88 Å². The fourth-order valence-electron chi connectivity index (χ4n) is 1.75. The smallest absolute Gasteiger partial charge is 0.250 e. The van der Waals surface area contributed by atoms with Crippen molar-refractivity contribution in [3.63, 3.8) is 0 Å². The van der Waals surface area contributed by atoms with Gasteiger partial charge in [0.25, 0.3) is 5.88 Å². The molecule has 0 aliphatic rings. The molecule has 2 N–H and O–H groups in total. The lowest BCUT2D eigenvalue weighted by atomic mass is 9.92. The summed E-state index contributed by atoms with van der Waals surface area (Å²) in [6.07, 6.45) is 1.49. The van der Waals surface area contributed by atoms with Crippen molar-refractivity contribution in [1.82, 2.24) is 4.98 Å². The first-order chi connectivity index (χ1) is 8.44. The Bertz CT molecular complexity index is 397. The van der Waals surface area contributed by atoms with Crippen LogP contribution in [-0.2, 0) is 4.74 Å². The Balaban J connectivity index is 3.05. The first kappa shape index (κ1) is 14.9. The first-order valence-electron chi connectivity index (χ1n) is 6.10. The van der Waals surface area contributed by atoms with E-state index < -0.39 is 17.5 Å². The van der Waals surface area contributed by atoms with Crippen LogP contribution in [-0.4, -0.2) is 23.8 Å². The van der Waals surface area contributed by atoms with Gasteiger partial charge in [0.2, 0.25) is 0 Å². The van der Waals surface area contributed by atoms with E-state index in [1.807, 2.05) is 20.8 Å². The van der Waals surface area contributed by atoms with E-state index in [2.05, 4.69) is 4.98 Å². The van der Waals surface area contributed by atoms with Gasteiger partial charge >= 0.3 is 0 Å². The predicted molar refractivity (Wildman–Crippen MR) is 68.0 cm³/mol. The standard InChI is InChI=1S/C13H21FN2O2/c1-5-17-12-10(14)9(7-8-16-12)11(15)13(3,4)18-6-2/h7-8,11H,5-6,15H2,1-4H3. The van der Waals surface area contributed by atoms with Gasteiger partial charge in [0.1, 0.15) is 0 Å². The number of halogens is 1. The highest BCUT2D eigenvalue weighted by atomic mass is 19.1. The largest absolute Gasteiger partial charge is 0.476 e. The van der Waals surface area contributed by atoms with Crippen LogP contribution in [0.1, 0.15) is 39.3 Å². The van der Waals surface area contributed by atoms with Crippen LogP contribution >= 0.6 is 0 Å². The lowest BCUT2D eigenvalue weighted by Crippen LogP contribution is -2.38. The molecule has 0 radical (unpaired) electrons. The van der Waals surface area contributed by atoms with E-state index in [-0.39, 0.29) is 5.88 Å². The van der Waals surface area contributed by atoms with Crippen molar-refractivity contribution in [2.45, 2.75) is 39.3 Å². The summed E-state index contributed by atoms with van der Waals surface area (Å²) in [5.74, 6) is -0.530. The van der Waals surface area contributed by atoms with E-state index in [1.165, 1.54) is 6.20 Å². The SMILES string of the molecule is CCOc1nccc(C(N)C(C)(C)OCC)c1F. The van der Waals surface area contributed by atoms with Gasteiger partial charge in [-0.15, -0.1) is 0 Å². The molecular weight excluding hydrogens is 235 g/mol. The fraction of sp³-hybridized carbons (Fsp3) is 0.615. The Morgan fingerprint density at radius 3 is 2.61 bits per heavy atom. The molecule has 0 bridgehead atoms. The Hall–Kier alpha value is -1.20. The van der Waals surface area contributed by atoms with Gasteiger partial charge in [-0.05, 0) is 33.8 Å². The van der Waals surface area contributed by atoms with E-state index in [0.717, 1.165) is 0 Å². The van der Waals surface area contributed by atoms with Crippen LogP contribution in [0.3, 0.4) is 0 Å². The minimum atomic E-state index is -0.652. The van der Waals surface area contributed by atoms with Gasteiger partial charge < -0.3 is 15.2 Å². The molecule has 0 fully saturated rings. The summed E-state index contributed by atoms with van der Waals surface area (Å²) in [5.41, 5.74) is 5.78. The van der Waals surface area contributed by atoms with Crippen molar-refractivity contribution in [3.05, 3.63) is 23.6 Å². The van der Waals surface area contributed by atoms with Crippen molar-refractivity contribution >= 4 is 0 Å². The summed E-state index contributed by atoms with van der Waals surface area (Å²) in [6.45, 7) is 8.20. The van der Waals surface area contributed by atoms with Crippen molar-refractivity contribution in [1.29, 1.82) is 0 Å². The molecule has 1 unspecified atom stereocenters. The lowest BCUT2D eigenvalue weighted by molar-refractivity contribution is -0.0306. The maximum absolute atomic E-state index is 14.2. The molecule has 0 aliphatic carbocycles. The maximum Gasteiger partial charge on any atom is 0.250 e. The van der Waals surface area contributed by atoms with Gasteiger partial charge in [-0.25, -0.2) is 9.37 Å². The molecule has 1 heterocycles. The van der Waals surface area contributed by atoms with Crippen LogP contribution in [0, 0.1) is 5.82 Å². The summed E-state index contributed by atoms with van der Waals surface area (Å²) >= 11 is 0. The zero-order valence-electron chi connectivity index (χ0n) is 11.4. The van der Waals surface area contributed by atoms with Crippen molar-refractivity contribution < 1.29 is 13.9 Å². The molecule has 0 spiro atoms. The molecule has 1 atom stereocenters. The number of hydrogen-bond donors (Lipinski definition) is 1. The van der Waals surface area contributed by atoms with E-state index in [9.17, 15) is 4.39 Å². The van der Waals surface area contributed by atoms with Crippen LogP contribution in [0.25, 0.3) is 0 Å². The van der Waals surface area contributed by atoms with Gasteiger partial charge in [0, 0.05) is 18.4 Å². The number of hydrogen-bond acceptors (Lipinski definition) is 4. The molecule has 1 aromatic heterocycles. The zero-order valence-corrected chi connectivity index (χ0v) is 11.4. The summed E-state index contributed by atoms with van der Waals surface area (Å²) in [5, 5.41) is 0. The number of nitrogens with zero attached hydrogens (tertiary/aromatic N) is 1. The number of pyridine rings is 1. The summed E-state index contributed by atoms with van der Waals surface area (Å²) in [4.78, 5) is 3.85. The molecular formula is C13H21FN2O2. The molecule has 0 saturated carbocycles. The molecule has 0 saturated heterocycles. The van der Waals surface area contributed by atoms with Crippen LogP contribution in [0.4, 0.5) is 4.39 Å². The molecule has 1 aromatic rings. The van der Waals surface area contributed by atoms with Gasteiger partial charge in [-0.2, -0.15) is 0 Å². The summed E-state index contributed by atoms with van der Waals surface area (Å²) in [6, 6.07) is 0.975. The Morgan fingerprint density at radius 2 is 2.06 bits per heavy atom.